The van der Waals surface area contributed by atoms with Crippen LogP contribution in [0.1, 0.15) is 18.7 Å². The highest BCUT2D eigenvalue weighted by atomic mass is 31.2. The number of aromatic amines is 1. The normalized spacial score (nSPS) is 25.3. The van der Waals surface area contributed by atoms with Gasteiger partial charge in [0.15, 0.2) is 6.23 Å². The summed E-state index contributed by atoms with van der Waals surface area (Å²) < 4.78 is 30.4. The van der Waals surface area contributed by atoms with Crippen LogP contribution in [0.3, 0.4) is 0 Å². The second-order valence-corrected chi connectivity index (χ2v) is 9.35. The summed E-state index contributed by atoms with van der Waals surface area (Å²) in [5.74, 6) is -1.70. The smallest absolute Gasteiger partial charge is 0.459 e. The summed E-state index contributed by atoms with van der Waals surface area (Å²) in [6, 6.07) is 6.73. The zero-order chi connectivity index (χ0) is 27.4. The number of carboxylic acids is 1. The summed E-state index contributed by atoms with van der Waals surface area (Å²) in [7, 11) is -4.72. The molecule has 1 unspecified atom stereocenters. The van der Waals surface area contributed by atoms with Crippen molar-refractivity contribution in [3.05, 3.63) is 73.4 Å². The van der Waals surface area contributed by atoms with E-state index in [1.54, 1.807) is 6.07 Å². The number of nitriles is 1. The van der Waals surface area contributed by atoms with E-state index in [1.165, 1.54) is 24.3 Å². The minimum Gasteiger partial charge on any atom is -0.480 e. The van der Waals surface area contributed by atoms with Crippen molar-refractivity contribution in [2.45, 2.75) is 37.1 Å². The van der Waals surface area contributed by atoms with E-state index in [4.69, 9.17) is 19.3 Å². The number of carboxylic acid groups (broad SMARTS) is 1. The van der Waals surface area contributed by atoms with Crippen LogP contribution in [0.25, 0.3) is 10.4 Å². The third kappa shape index (κ3) is 5.88. The van der Waals surface area contributed by atoms with Crippen molar-refractivity contribution < 1.29 is 38.5 Å². The Bertz CT molecular complexity index is 1430. The first kappa shape index (κ1) is 27.6. The van der Waals surface area contributed by atoms with Gasteiger partial charge in [-0.2, -0.15) is 10.3 Å². The number of rotatable bonds is 10. The number of para-hydroxylation sites is 1. The Morgan fingerprint density at radius 1 is 1.43 bits per heavy atom. The van der Waals surface area contributed by atoms with Gasteiger partial charge in [-0.05, 0) is 24.6 Å². The largest absolute Gasteiger partial charge is 0.480 e. The van der Waals surface area contributed by atoms with Crippen LogP contribution in [0, 0.1) is 11.3 Å². The van der Waals surface area contributed by atoms with E-state index in [-0.39, 0.29) is 11.3 Å². The lowest BCUT2D eigenvalue weighted by Crippen LogP contribution is -2.45. The molecule has 5 N–H and O–H groups in total. The number of aliphatic hydroxyl groups excluding tert-OH is 2. The topological polar surface area (TPSA) is 262 Å². The highest BCUT2D eigenvalue weighted by Gasteiger charge is 2.56. The Labute approximate surface area is 206 Å². The van der Waals surface area contributed by atoms with Gasteiger partial charge in [0.2, 0.25) is 5.72 Å². The monoisotopic (exact) mass is 537 g/mol. The lowest BCUT2D eigenvalue weighted by atomic mass is 10.1. The van der Waals surface area contributed by atoms with Gasteiger partial charge in [-0.3, -0.25) is 23.7 Å². The molecule has 1 aliphatic heterocycles. The molecule has 37 heavy (non-hydrogen) atoms. The highest BCUT2D eigenvalue weighted by Crippen LogP contribution is 2.48. The van der Waals surface area contributed by atoms with Crippen LogP contribution in [-0.2, 0) is 18.6 Å². The number of aliphatic hydroxyl groups is 2. The lowest BCUT2D eigenvalue weighted by Gasteiger charge is -2.29. The van der Waals surface area contributed by atoms with Crippen molar-refractivity contribution in [1.82, 2.24) is 14.6 Å². The van der Waals surface area contributed by atoms with Crippen molar-refractivity contribution in [2.75, 3.05) is 6.61 Å². The quantitative estimate of drug-likeness (QED) is 0.115. The highest BCUT2D eigenvalue weighted by molar-refractivity contribution is 7.52. The van der Waals surface area contributed by atoms with Crippen LogP contribution in [0.4, 0.5) is 0 Å². The summed E-state index contributed by atoms with van der Waals surface area (Å²) in [4.78, 5) is 39.4. The zero-order valence-corrected chi connectivity index (χ0v) is 19.8. The molecule has 1 aliphatic rings. The minimum absolute atomic E-state index is 0.0778. The Balaban J connectivity index is 1.96. The van der Waals surface area contributed by atoms with Gasteiger partial charge in [-0.1, -0.05) is 17.2 Å². The third-order valence-corrected chi connectivity index (χ3v) is 6.74. The second-order valence-electron chi connectivity index (χ2n) is 7.65. The Hall–Kier alpha value is -4.00. The van der Waals surface area contributed by atoms with Gasteiger partial charge >= 0.3 is 19.4 Å². The van der Waals surface area contributed by atoms with Gasteiger partial charge in [0.25, 0.3) is 5.56 Å². The zero-order valence-electron chi connectivity index (χ0n) is 18.9. The first-order valence-electron chi connectivity index (χ1n) is 10.3. The molecule has 0 spiro atoms. The van der Waals surface area contributed by atoms with Crippen molar-refractivity contribution in [1.29, 1.82) is 5.26 Å². The number of ether oxygens (including phenoxy) is 1. The minimum atomic E-state index is -4.72. The molecule has 196 valence electrons. The fourth-order valence-corrected chi connectivity index (χ4v) is 4.79. The van der Waals surface area contributed by atoms with E-state index in [9.17, 15) is 39.5 Å². The standard InChI is InChI=1S/C19H20N7O10P/c1-10(17(30)31)23-37(33,36-12-5-3-2-4-11(12)8-20)34-9-19(24-25-21)15(29)14(28)16(35-19)26-7-6-13(27)22-18(26)32/h2-7,10,14-16,28-29H,9H2,1H3,(H,23,33)(H,30,31)(H,22,27,32)/t10-,14+,15-,16+,19+,37?/m0/s1. The molecule has 0 bridgehead atoms. The first-order chi connectivity index (χ1) is 17.4. The van der Waals surface area contributed by atoms with E-state index >= 15 is 0 Å². The first-order valence-corrected chi connectivity index (χ1v) is 11.8. The molecule has 17 nitrogen and oxygen atoms in total. The summed E-state index contributed by atoms with van der Waals surface area (Å²) in [5.41, 5.74) is 4.71. The molecule has 0 saturated carbocycles. The second kappa shape index (κ2) is 10.9. The van der Waals surface area contributed by atoms with E-state index < -0.39 is 61.8 Å². The van der Waals surface area contributed by atoms with Crippen LogP contribution in [0.5, 0.6) is 5.75 Å². The van der Waals surface area contributed by atoms with Gasteiger partial charge in [0, 0.05) is 17.2 Å². The Kier molecular flexibility index (Phi) is 8.16. The molecular formula is C19H20N7O10P. The molecule has 18 heteroatoms. The number of carbonyl (C=O) groups is 1. The van der Waals surface area contributed by atoms with E-state index in [0.717, 1.165) is 19.2 Å². The van der Waals surface area contributed by atoms with Gasteiger partial charge in [0.1, 0.15) is 30.1 Å². The van der Waals surface area contributed by atoms with E-state index in [1.807, 2.05) is 4.98 Å². The summed E-state index contributed by atoms with van der Waals surface area (Å²) >= 11 is 0. The molecule has 0 amide bonds. The average Bonchev–Trinajstić information content (AvgIpc) is 3.09. The van der Waals surface area contributed by atoms with Gasteiger partial charge in [-0.15, -0.1) is 0 Å². The molecule has 0 radical (unpaired) electrons. The predicted molar refractivity (Wildman–Crippen MR) is 121 cm³/mol. The number of hydrogen-bond acceptors (Lipinski definition) is 11. The molecule has 1 fully saturated rings. The number of nitrogens with one attached hydrogen (secondary N) is 2. The van der Waals surface area contributed by atoms with Crippen LogP contribution in [0.2, 0.25) is 0 Å². The van der Waals surface area contributed by atoms with E-state index in [2.05, 4.69) is 15.1 Å². The molecule has 1 aromatic heterocycles. The molecule has 3 rings (SSSR count). The molecule has 1 saturated heterocycles. The number of aromatic nitrogens is 2. The summed E-state index contributed by atoms with van der Waals surface area (Å²) in [6.07, 6.45) is -4.72. The van der Waals surface area contributed by atoms with Crippen molar-refractivity contribution >= 4 is 13.7 Å². The number of H-pyrrole nitrogens is 1. The fourth-order valence-electron chi connectivity index (χ4n) is 3.25. The van der Waals surface area contributed by atoms with Gasteiger partial charge in [0.05, 0.1) is 12.2 Å². The Morgan fingerprint density at radius 2 is 2.14 bits per heavy atom. The van der Waals surface area contributed by atoms with Crippen LogP contribution in [0.15, 0.2) is 51.2 Å². The number of benzene rings is 1. The number of azide groups is 1. The van der Waals surface area contributed by atoms with Crippen LogP contribution >= 0.6 is 7.75 Å². The Morgan fingerprint density at radius 3 is 2.76 bits per heavy atom. The molecule has 6 atom stereocenters. The molecule has 0 aliphatic carbocycles. The van der Waals surface area contributed by atoms with Crippen LogP contribution in [-0.4, -0.2) is 61.4 Å². The van der Waals surface area contributed by atoms with Crippen LogP contribution < -0.4 is 20.9 Å². The van der Waals surface area contributed by atoms with E-state index in [0.29, 0.717) is 4.57 Å². The number of nitrogens with zero attached hydrogens (tertiary/aromatic N) is 5. The molecule has 2 heterocycles. The maximum absolute atomic E-state index is 13.5. The lowest BCUT2D eigenvalue weighted by molar-refractivity contribution is -0.138. The maximum Gasteiger partial charge on any atom is 0.459 e. The fraction of sp³-hybridized carbons (Fsp3) is 0.368. The molecular weight excluding hydrogens is 517 g/mol. The summed E-state index contributed by atoms with van der Waals surface area (Å²) in [6.45, 7) is 0.0274. The van der Waals surface area contributed by atoms with Gasteiger partial charge in [-0.25, -0.2) is 9.36 Å². The molecule has 1 aromatic carbocycles. The predicted octanol–water partition coefficient (Wildman–Crippen LogP) is -0.0681. The number of hydrogen-bond donors (Lipinski definition) is 5. The maximum atomic E-state index is 13.5. The number of aliphatic carboxylic acids is 1. The molecule has 2 aromatic rings. The SMILES string of the molecule is C[C@H](NP(=O)(OC[C@@]1(N=[N+]=[N-])O[C@@H](n2ccc(=O)[nH]c2=O)[C@H](O)[C@@H]1O)Oc1ccccc1C#N)C(=O)O. The van der Waals surface area contributed by atoms with Crippen molar-refractivity contribution in [2.24, 2.45) is 5.11 Å². The third-order valence-electron chi connectivity index (χ3n) is 5.13. The average molecular weight is 537 g/mol. The van der Waals surface area contributed by atoms with Gasteiger partial charge < -0.3 is 24.6 Å². The summed E-state index contributed by atoms with van der Waals surface area (Å²) in [5, 5.41) is 45.2. The van der Waals surface area contributed by atoms with Crippen molar-refractivity contribution in [3.8, 4) is 11.8 Å². The van der Waals surface area contributed by atoms with Crippen molar-refractivity contribution in [3.63, 3.8) is 0 Å².